The first-order chi connectivity index (χ1) is 18.4. The molecule has 9 nitrogen and oxygen atoms in total. The van der Waals surface area contributed by atoms with Gasteiger partial charge in [0.15, 0.2) is 0 Å². The van der Waals surface area contributed by atoms with Crippen molar-refractivity contribution < 1.29 is 66.3 Å². The van der Waals surface area contributed by atoms with Crippen molar-refractivity contribution >= 4 is 37.6 Å². The summed E-state index contributed by atoms with van der Waals surface area (Å²) >= 11 is 0. The second-order valence-electron chi connectivity index (χ2n) is 10.9. The Morgan fingerprint density at radius 1 is 0.854 bits per heavy atom. The van der Waals surface area contributed by atoms with Crippen LogP contribution in [0.3, 0.4) is 0 Å². The SMILES string of the molecule is CCC(C)(C)C(=O)C1CC2CC1CC2C(=O)C(=O)c1ccc(OS(=O)(=O)C(F)(F)C(F)(F)C(F)(F)S(=O)(=O)O)cc1. The van der Waals surface area contributed by atoms with Gasteiger partial charge in [-0.2, -0.15) is 43.2 Å². The number of carbonyl (C=O) groups excluding carboxylic acids is 3. The van der Waals surface area contributed by atoms with Gasteiger partial charge < -0.3 is 4.18 Å². The van der Waals surface area contributed by atoms with Crippen LogP contribution in [0.15, 0.2) is 24.3 Å². The van der Waals surface area contributed by atoms with Gasteiger partial charge in [0.2, 0.25) is 11.6 Å². The fourth-order valence-electron chi connectivity index (χ4n) is 5.23. The van der Waals surface area contributed by atoms with Crippen molar-refractivity contribution in [3.63, 3.8) is 0 Å². The molecule has 2 bridgehead atoms. The lowest BCUT2D eigenvalue weighted by molar-refractivity contribution is -0.247. The van der Waals surface area contributed by atoms with E-state index in [9.17, 15) is 57.6 Å². The first kappa shape index (κ1) is 33.0. The van der Waals surface area contributed by atoms with Gasteiger partial charge in [0, 0.05) is 22.8 Å². The molecule has 0 aliphatic heterocycles. The molecule has 1 aromatic carbocycles. The second-order valence-corrected chi connectivity index (χ2v) is 13.9. The van der Waals surface area contributed by atoms with Gasteiger partial charge in [-0.3, -0.25) is 18.9 Å². The van der Waals surface area contributed by atoms with E-state index in [0.29, 0.717) is 37.8 Å². The second kappa shape index (κ2) is 10.3. The number of alkyl halides is 6. The van der Waals surface area contributed by atoms with Crippen LogP contribution in [0.5, 0.6) is 5.75 Å². The molecular formula is C24H26F6O9S2. The van der Waals surface area contributed by atoms with E-state index in [-0.39, 0.29) is 29.1 Å². The number of halogens is 6. The van der Waals surface area contributed by atoms with Crippen LogP contribution in [0.2, 0.25) is 0 Å². The van der Waals surface area contributed by atoms with Gasteiger partial charge in [-0.15, -0.1) is 0 Å². The molecule has 17 heteroatoms. The summed E-state index contributed by atoms with van der Waals surface area (Å²) in [5.41, 5.74) is -0.878. The Morgan fingerprint density at radius 2 is 1.34 bits per heavy atom. The average Bonchev–Trinajstić information content (AvgIpc) is 3.48. The molecule has 0 amide bonds. The summed E-state index contributed by atoms with van der Waals surface area (Å²) in [5.74, 6) is -11.3. The molecule has 41 heavy (non-hydrogen) atoms. The molecule has 4 atom stereocenters. The van der Waals surface area contributed by atoms with Crippen LogP contribution in [-0.2, 0) is 29.8 Å². The molecule has 2 fully saturated rings. The monoisotopic (exact) mass is 636 g/mol. The summed E-state index contributed by atoms with van der Waals surface area (Å²) < 4.78 is 139. The van der Waals surface area contributed by atoms with Crippen molar-refractivity contribution in [2.24, 2.45) is 29.1 Å². The van der Waals surface area contributed by atoms with E-state index in [4.69, 9.17) is 4.55 Å². The average molecular weight is 637 g/mol. The Balaban J connectivity index is 1.72. The molecule has 2 aliphatic carbocycles. The Bertz CT molecular complexity index is 1450. The van der Waals surface area contributed by atoms with Gasteiger partial charge >= 0.3 is 36.7 Å². The lowest BCUT2D eigenvalue weighted by atomic mass is 9.70. The molecule has 3 rings (SSSR count). The van der Waals surface area contributed by atoms with Crippen LogP contribution < -0.4 is 4.18 Å². The van der Waals surface area contributed by atoms with Crippen LogP contribution >= 0.6 is 0 Å². The summed E-state index contributed by atoms with van der Waals surface area (Å²) in [7, 11) is -14.2. The van der Waals surface area contributed by atoms with Gasteiger partial charge in [-0.05, 0) is 61.8 Å². The Kier molecular flexibility index (Phi) is 8.31. The third-order valence-corrected chi connectivity index (χ3v) is 10.2. The maximum Gasteiger partial charge on any atom is 0.450 e. The molecule has 0 radical (unpaired) electrons. The van der Waals surface area contributed by atoms with Crippen molar-refractivity contribution in [2.45, 2.75) is 62.9 Å². The highest BCUT2D eigenvalue weighted by atomic mass is 32.2. The first-order valence-corrected chi connectivity index (χ1v) is 15.0. The summed E-state index contributed by atoms with van der Waals surface area (Å²) in [6.07, 6.45) is 1.97. The quantitative estimate of drug-likeness (QED) is 0.115. The molecule has 0 saturated heterocycles. The van der Waals surface area contributed by atoms with Crippen LogP contribution in [-0.4, -0.2) is 55.2 Å². The molecule has 0 aromatic heterocycles. The van der Waals surface area contributed by atoms with E-state index in [1.54, 1.807) is 0 Å². The van der Waals surface area contributed by atoms with Gasteiger partial charge in [-0.1, -0.05) is 20.8 Å². The van der Waals surface area contributed by atoms with Crippen LogP contribution in [0.1, 0.15) is 56.8 Å². The van der Waals surface area contributed by atoms with Gasteiger partial charge in [0.1, 0.15) is 11.5 Å². The van der Waals surface area contributed by atoms with E-state index in [0.717, 1.165) is 12.1 Å². The number of rotatable bonds is 12. The highest BCUT2D eigenvalue weighted by Gasteiger charge is 2.83. The number of carbonyl (C=O) groups is 3. The third-order valence-electron chi connectivity index (χ3n) is 8.00. The summed E-state index contributed by atoms with van der Waals surface area (Å²) in [6.45, 7) is 5.58. The fraction of sp³-hybridized carbons (Fsp3) is 0.625. The van der Waals surface area contributed by atoms with Gasteiger partial charge in [0.05, 0.1) is 0 Å². The predicted molar refractivity (Wildman–Crippen MR) is 129 cm³/mol. The fourth-order valence-corrected chi connectivity index (χ4v) is 6.66. The number of hydrogen-bond donors (Lipinski definition) is 1. The topological polar surface area (TPSA) is 149 Å². The summed E-state index contributed by atoms with van der Waals surface area (Å²) in [4.78, 5) is 38.6. The minimum atomic E-state index is -7.19. The molecule has 230 valence electrons. The zero-order valence-electron chi connectivity index (χ0n) is 21.7. The molecular weight excluding hydrogens is 610 g/mol. The number of benzene rings is 1. The predicted octanol–water partition coefficient (Wildman–Crippen LogP) is 4.52. The normalized spacial score (nSPS) is 23.9. The van der Waals surface area contributed by atoms with Crippen molar-refractivity contribution in [1.82, 2.24) is 0 Å². The lowest BCUT2D eigenvalue weighted by Gasteiger charge is -2.31. The number of fused-ring (bicyclic) bond motifs is 2. The van der Waals surface area contributed by atoms with Gasteiger partial charge in [0.25, 0.3) is 0 Å². The number of Topliss-reactive ketones (excluding diaryl/α,β-unsaturated/α-hetero) is 3. The molecule has 1 aromatic rings. The standard InChI is InChI=1S/C24H26F6O9S2/c1-4-21(2,3)20(33)17-11-13-9-14(17)10-16(13)19(32)18(31)12-5-7-15(8-6-12)39-41(37,38)24(29,30)22(25,26)23(27,28)40(34,35)36/h5-8,13-14,16-17H,4,9-11H2,1-3H3,(H,34,35,36). The Hall–Kier alpha value is -2.53. The first-order valence-electron chi connectivity index (χ1n) is 12.2. The molecule has 2 aliphatic rings. The zero-order valence-corrected chi connectivity index (χ0v) is 23.4. The molecule has 2 saturated carbocycles. The van der Waals surface area contributed by atoms with E-state index in [1.165, 1.54) is 0 Å². The zero-order chi connectivity index (χ0) is 31.6. The third kappa shape index (κ3) is 5.40. The smallest absolute Gasteiger partial charge is 0.378 e. The Labute approximate surface area is 231 Å². The van der Waals surface area contributed by atoms with E-state index in [2.05, 4.69) is 4.18 Å². The molecule has 0 heterocycles. The minimum Gasteiger partial charge on any atom is -0.378 e. The van der Waals surface area contributed by atoms with Crippen LogP contribution in [0.25, 0.3) is 0 Å². The highest BCUT2D eigenvalue weighted by Crippen LogP contribution is 2.54. The summed E-state index contributed by atoms with van der Waals surface area (Å²) in [6, 6.07) is 2.51. The summed E-state index contributed by atoms with van der Waals surface area (Å²) in [5, 5.41) is -13.8. The van der Waals surface area contributed by atoms with Crippen molar-refractivity contribution in [3.05, 3.63) is 29.8 Å². The maximum absolute atomic E-state index is 14.0. The number of ketones is 3. The van der Waals surface area contributed by atoms with Crippen molar-refractivity contribution in [1.29, 1.82) is 0 Å². The largest absolute Gasteiger partial charge is 0.450 e. The van der Waals surface area contributed by atoms with Crippen LogP contribution in [0.4, 0.5) is 26.3 Å². The highest BCUT2D eigenvalue weighted by molar-refractivity contribution is 7.88. The van der Waals surface area contributed by atoms with Crippen molar-refractivity contribution in [3.8, 4) is 5.75 Å². The minimum absolute atomic E-state index is 0.0750. The van der Waals surface area contributed by atoms with E-state index in [1.807, 2.05) is 20.8 Å². The van der Waals surface area contributed by atoms with E-state index >= 15 is 0 Å². The molecule has 0 spiro atoms. The van der Waals surface area contributed by atoms with Crippen molar-refractivity contribution in [2.75, 3.05) is 0 Å². The lowest BCUT2D eigenvalue weighted by Crippen LogP contribution is -2.61. The molecule has 4 unspecified atom stereocenters. The number of hydrogen-bond acceptors (Lipinski definition) is 8. The Morgan fingerprint density at radius 3 is 1.78 bits per heavy atom. The van der Waals surface area contributed by atoms with E-state index < -0.39 is 65.3 Å². The van der Waals surface area contributed by atoms with Crippen LogP contribution in [0, 0.1) is 29.1 Å². The maximum atomic E-state index is 14.0. The van der Waals surface area contributed by atoms with Gasteiger partial charge in [-0.25, -0.2) is 0 Å². The molecule has 1 N–H and O–H groups in total.